The fourth-order valence-electron chi connectivity index (χ4n) is 3.44. The molecule has 0 aromatic heterocycles. The van der Waals surface area contributed by atoms with E-state index in [1.807, 2.05) is 50.2 Å². The molecule has 1 amide bonds. The van der Waals surface area contributed by atoms with Crippen LogP contribution in [0, 0.1) is 12.7 Å². The third kappa shape index (κ3) is 5.66. The third-order valence-electron chi connectivity index (χ3n) is 5.24. The maximum Gasteiger partial charge on any atom is 0.266 e. The number of benzene rings is 3. The van der Waals surface area contributed by atoms with Gasteiger partial charge in [-0.05, 0) is 49.2 Å². The molecule has 0 aliphatic carbocycles. The van der Waals surface area contributed by atoms with Gasteiger partial charge >= 0.3 is 0 Å². The van der Waals surface area contributed by atoms with Crippen LogP contribution in [0.1, 0.15) is 29.2 Å². The highest BCUT2D eigenvalue weighted by Gasteiger charge is 2.32. The van der Waals surface area contributed by atoms with Crippen molar-refractivity contribution in [2.75, 3.05) is 6.61 Å². The van der Waals surface area contributed by atoms with E-state index in [4.69, 9.17) is 21.7 Å². The van der Waals surface area contributed by atoms with Crippen LogP contribution >= 0.6 is 24.0 Å². The molecule has 0 saturated carbocycles. The Hall–Kier alpha value is -3.16. The number of thiocarbonyl (C=S) groups is 1. The van der Waals surface area contributed by atoms with Gasteiger partial charge in [-0.2, -0.15) is 0 Å². The molecule has 1 heterocycles. The molecule has 34 heavy (non-hydrogen) atoms. The zero-order chi connectivity index (χ0) is 24.1. The summed E-state index contributed by atoms with van der Waals surface area (Å²) in [5.41, 5.74) is 3.45. The number of aryl methyl sites for hydroxylation is 1. The van der Waals surface area contributed by atoms with Crippen LogP contribution in [-0.4, -0.2) is 21.7 Å². The highest BCUT2D eigenvalue weighted by atomic mass is 32.2. The lowest BCUT2D eigenvalue weighted by atomic mass is 10.1. The molecule has 174 valence electrons. The number of carbonyl (C=O) groups is 1. The van der Waals surface area contributed by atoms with E-state index in [0.29, 0.717) is 39.4 Å². The Morgan fingerprint density at radius 1 is 1.03 bits per heavy atom. The first-order valence-corrected chi connectivity index (χ1v) is 12.1. The van der Waals surface area contributed by atoms with Gasteiger partial charge in [0.2, 0.25) is 0 Å². The molecule has 0 N–H and O–H groups in total. The normalized spacial score (nSPS) is 14.7. The van der Waals surface area contributed by atoms with Gasteiger partial charge < -0.3 is 9.47 Å². The van der Waals surface area contributed by atoms with Gasteiger partial charge in [0.05, 0.1) is 18.1 Å². The summed E-state index contributed by atoms with van der Waals surface area (Å²) in [4.78, 5) is 15.2. The zero-order valence-corrected chi connectivity index (χ0v) is 20.5. The summed E-state index contributed by atoms with van der Waals surface area (Å²) in [5.74, 6) is 0.607. The van der Waals surface area contributed by atoms with Crippen LogP contribution in [0.25, 0.3) is 6.08 Å². The first kappa shape index (κ1) is 24.0. The molecule has 7 heteroatoms. The van der Waals surface area contributed by atoms with Crippen LogP contribution in [0.2, 0.25) is 0 Å². The minimum atomic E-state index is -0.315. The monoisotopic (exact) mass is 493 g/mol. The number of halogens is 1. The summed E-state index contributed by atoms with van der Waals surface area (Å²) < 4.78 is 26.0. The van der Waals surface area contributed by atoms with Gasteiger partial charge in [-0.15, -0.1) is 0 Å². The minimum absolute atomic E-state index is 0.0871. The van der Waals surface area contributed by atoms with Crippen LogP contribution < -0.4 is 9.47 Å². The van der Waals surface area contributed by atoms with Gasteiger partial charge in [-0.25, -0.2) is 4.39 Å². The third-order valence-corrected chi connectivity index (χ3v) is 6.62. The van der Waals surface area contributed by atoms with E-state index in [1.54, 1.807) is 35.2 Å². The van der Waals surface area contributed by atoms with Crippen molar-refractivity contribution in [1.82, 2.24) is 4.90 Å². The van der Waals surface area contributed by atoms with Crippen LogP contribution in [0.5, 0.6) is 11.5 Å². The lowest BCUT2D eigenvalue weighted by Gasteiger charge is -2.14. The van der Waals surface area contributed by atoms with Crippen molar-refractivity contribution in [3.8, 4) is 11.5 Å². The largest absolute Gasteiger partial charge is 0.490 e. The molecule has 0 radical (unpaired) electrons. The Bertz CT molecular complexity index is 1240. The van der Waals surface area contributed by atoms with Crippen molar-refractivity contribution in [1.29, 1.82) is 0 Å². The number of nitrogens with zero attached hydrogens (tertiary/aromatic N) is 1. The van der Waals surface area contributed by atoms with Gasteiger partial charge in [0.25, 0.3) is 5.91 Å². The molecule has 4 rings (SSSR count). The number of ether oxygens (including phenoxy) is 2. The highest BCUT2D eigenvalue weighted by molar-refractivity contribution is 8.26. The SMILES string of the molecule is CCOc1cc(C=C2SC(=S)N(Cc3ccc(C)cc3)C2=O)ccc1OCc1ccccc1F. The van der Waals surface area contributed by atoms with E-state index < -0.39 is 0 Å². The molecule has 1 aliphatic heterocycles. The number of carbonyl (C=O) groups excluding carboxylic acids is 1. The predicted molar refractivity (Wildman–Crippen MR) is 138 cm³/mol. The second kappa shape index (κ2) is 10.8. The fourth-order valence-corrected chi connectivity index (χ4v) is 4.69. The van der Waals surface area contributed by atoms with Crippen LogP contribution in [0.15, 0.2) is 71.6 Å². The summed E-state index contributed by atoms with van der Waals surface area (Å²) in [6.07, 6.45) is 1.80. The Morgan fingerprint density at radius 3 is 2.53 bits per heavy atom. The van der Waals surface area contributed by atoms with Gasteiger partial charge in [0.15, 0.2) is 11.5 Å². The molecule has 0 spiro atoms. The standard InChI is InChI=1S/C27H24FNO3S2/c1-3-31-24-14-20(12-13-23(24)32-17-21-6-4-5-7-22(21)28)15-25-26(30)29(27(33)34-25)16-19-10-8-18(2)9-11-19/h4-15H,3,16-17H2,1-2H3. The van der Waals surface area contributed by atoms with E-state index in [0.717, 1.165) is 11.1 Å². The summed E-state index contributed by atoms with van der Waals surface area (Å²) in [6.45, 7) is 4.87. The molecule has 3 aromatic rings. The molecule has 0 bridgehead atoms. The topological polar surface area (TPSA) is 38.8 Å². The van der Waals surface area contributed by atoms with E-state index in [2.05, 4.69) is 0 Å². The highest BCUT2D eigenvalue weighted by Crippen LogP contribution is 2.36. The lowest BCUT2D eigenvalue weighted by molar-refractivity contribution is -0.122. The van der Waals surface area contributed by atoms with E-state index in [1.165, 1.54) is 23.4 Å². The van der Waals surface area contributed by atoms with Crippen molar-refractivity contribution < 1.29 is 18.7 Å². The van der Waals surface area contributed by atoms with Crippen molar-refractivity contribution in [3.63, 3.8) is 0 Å². The Labute approximate surface area is 208 Å². The molecule has 1 aliphatic rings. The van der Waals surface area contributed by atoms with Gasteiger partial charge in [0.1, 0.15) is 16.7 Å². The second-order valence-electron chi connectivity index (χ2n) is 7.77. The Balaban J connectivity index is 1.51. The smallest absolute Gasteiger partial charge is 0.266 e. The summed E-state index contributed by atoms with van der Waals surface area (Å²) in [6, 6.07) is 20.0. The van der Waals surface area contributed by atoms with E-state index in [9.17, 15) is 9.18 Å². The zero-order valence-electron chi connectivity index (χ0n) is 18.9. The average Bonchev–Trinajstić information content (AvgIpc) is 3.08. The first-order valence-electron chi connectivity index (χ1n) is 10.9. The number of rotatable bonds is 8. The molecule has 1 fully saturated rings. The minimum Gasteiger partial charge on any atom is -0.490 e. The lowest BCUT2D eigenvalue weighted by Crippen LogP contribution is -2.27. The van der Waals surface area contributed by atoms with Crippen LogP contribution in [-0.2, 0) is 17.9 Å². The molecular weight excluding hydrogens is 469 g/mol. The number of hydrogen-bond donors (Lipinski definition) is 0. The van der Waals surface area contributed by atoms with Crippen LogP contribution in [0.3, 0.4) is 0 Å². The summed E-state index contributed by atoms with van der Waals surface area (Å²) in [7, 11) is 0. The predicted octanol–water partition coefficient (Wildman–Crippen LogP) is 6.51. The summed E-state index contributed by atoms with van der Waals surface area (Å²) in [5, 5.41) is 0. The molecule has 0 unspecified atom stereocenters. The molecule has 1 saturated heterocycles. The van der Waals surface area contributed by atoms with Crippen molar-refractivity contribution in [2.24, 2.45) is 0 Å². The van der Waals surface area contributed by atoms with Crippen molar-refractivity contribution >= 4 is 40.3 Å². The van der Waals surface area contributed by atoms with Crippen molar-refractivity contribution in [3.05, 3.63) is 99.7 Å². The number of amides is 1. The molecule has 0 atom stereocenters. The van der Waals surface area contributed by atoms with Crippen LogP contribution in [0.4, 0.5) is 4.39 Å². The average molecular weight is 494 g/mol. The van der Waals surface area contributed by atoms with E-state index >= 15 is 0 Å². The number of hydrogen-bond acceptors (Lipinski definition) is 5. The maximum absolute atomic E-state index is 13.9. The molecular formula is C27H24FNO3S2. The Kier molecular flexibility index (Phi) is 7.65. The maximum atomic E-state index is 13.9. The Morgan fingerprint density at radius 2 is 1.79 bits per heavy atom. The first-order chi connectivity index (χ1) is 16.4. The quantitative estimate of drug-likeness (QED) is 0.264. The molecule has 3 aromatic carbocycles. The second-order valence-corrected chi connectivity index (χ2v) is 9.45. The summed E-state index contributed by atoms with van der Waals surface area (Å²) >= 11 is 6.75. The van der Waals surface area contributed by atoms with E-state index in [-0.39, 0.29) is 18.3 Å². The van der Waals surface area contributed by atoms with Gasteiger partial charge in [0, 0.05) is 5.56 Å². The van der Waals surface area contributed by atoms with Gasteiger partial charge in [-0.3, -0.25) is 9.69 Å². The fraction of sp³-hybridized carbons (Fsp3) is 0.185. The number of thioether (sulfide) groups is 1. The van der Waals surface area contributed by atoms with Crippen molar-refractivity contribution in [2.45, 2.75) is 27.0 Å². The van der Waals surface area contributed by atoms with Gasteiger partial charge in [-0.1, -0.05) is 78.1 Å². The molecule has 4 nitrogen and oxygen atoms in total.